The Balaban J connectivity index is 1.44. The van der Waals surface area contributed by atoms with Crippen LogP contribution in [0.2, 0.25) is 0 Å². The minimum Gasteiger partial charge on any atom is -0.337 e. The Labute approximate surface area is 227 Å². The van der Waals surface area contributed by atoms with Crippen LogP contribution in [0.4, 0.5) is 13.2 Å². The molecule has 0 atom stereocenters. The van der Waals surface area contributed by atoms with Crippen molar-refractivity contribution in [3.8, 4) is 11.1 Å². The van der Waals surface area contributed by atoms with Gasteiger partial charge in [0.25, 0.3) is 11.8 Å². The maximum Gasteiger partial charge on any atom is 0.416 e. The molecule has 1 N–H and O–H groups in total. The number of likely N-dealkylation sites (tertiary alicyclic amines) is 2. The second kappa shape index (κ2) is 11.6. The molecule has 0 aliphatic carbocycles. The number of carbonyl (C=O) groups excluding carboxylic acids is 2. The lowest BCUT2D eigenvalue weighted by Gasteiger charge is -2.36. The van der Waals surface area contributed by atoms with Crippen LogP contribution in [0, 0.1) is 6.92 Å². The molecule has 1 aromatic heterocycles. The van der Waals surface area contributed by atoms with Crippen molar-refractivity contribution >= 4 is 11.8 Å². The van der Waals surface area contributed by atoms with Gasteiger partial charge in [-0.15, -0.1) is 0 Å². The third-order valence-corrected chi connectivity index (χ3v) is 8.16. The summed E-state index contributed by atoms with van der Waals surface area (Å²) in [5, 5.41) is 1.81. The van der Waals surface area contributed by atoms with Gasteiger partial charge in [-0.2, -0.15) is 13.2 Å². The summed E-state index contributed by atoms with van der Waals surface area (Å²) in [6.45, 7) is 6.57. The largest absolute Gasteiger partial charge is 0.416 e. The van der Waals surface area contributed by atoms with Crippen LogP contribution >= 0.6 is 0 Å². The van der Waals surface area contributed by atoms with Crippen molar-refractivity contribution in [2.75, 3.05) is 39.3 Å². The highest BCUT2D eigenvalue weighted by atomic mass is 19.4. The van der Waals surface area contributed by atoms with Gasteiger partial charge in [-0.1, -0.05) is 18.6 Å². The van der Waals surface area contributed by atoms with Gasteiger partial charge in [-0.3, -0.25) is 15.0 Å². The molecule has 2 amide bonds. The molecule has 3 aliphatic rings. The Hall–Kier alpha value is -2.98. The van der Waals surface area contributed by atoms with E-state index in [1.54, 1.807) is 17.9 Å². The lowest BCUT2D eigenvalue weighted by atomic mass is 9.97. The topological polar surface area (TPSA) is 68.8 Å². The molecule has 3 aliphatic heterocycles. The third-order valence-electron chi connectivity index (χ3n) is 8.16. The zero-order valence-corrected chi connectivity index (χ0v) is 22.4. The molecule has 10 heteroatoms. The van der Waals surface area contributed by atoms with Crippen molar-refractivity contribution < 1.29 is 22.8 Å². The van der Waals surface area contributed by atoms with Gasteiger partial charge < -0.3 is 9.80 Å². The number of piperidine rings is 2. The summed E-state index contributed by atoms with van der Waals surface area (Å²) in [5.41, 5.74) is 3.24. The number of alkyl halides is 3. The molecule has 4 heterocycles. The molecule has 7 nitrogen and oxygen atoms in total. The smallest absolute Gasteiger partial charge is 0.337 e. The fourth-order valence-corrected chi connectivity index (χ4v) is 5.98. The molecule has 1 aromatic carbocycles. The normalized spacial score (nSPS) is 19.8. The van der Waals surface area contributed by atoms with E-state index in [9.17, 15) is 22.8 Å². The number of carbonyl (C=O) groups is 2. The van der Waals surface area contributed by atoms with Crippen LogP contribution < -0.4 is 5.43 Å². The monoisotopic (exact) mass is 543 g/mol. The van der Waals surface area contributed by atoms with Gasteiger partial charge in [0.2, 0.25) is 0 Å². The van der Waals surface area contributed by atoms with Gasteiger partial charge >= 0.3 is 6.18 Å². The standard InChI is InChI=1S/C29H36F3N5O2/c1-20-18-24(21-8-7-9-22(19-21)29(30,31)32)26(27(38)34-37-14-3-2-4-15-37)33-25(20)28(39)36-16-10-23(11-17-36)35-12-5-6-13-35/h7-9,18-19,23H,2-6,10-17H2,1H3,(H,34,38). The highest BCUT2D eigenvalue weighted by molar-refractivity contribution is 6.02. The van der Waals surface area contributed by atoms with Gasteiger partial charge in [0.05, 0.1) is 5.56 Å². The first-order valence-electron chi connectivity index (χ1n) is 14.0. The SMILES string of the molecule is Cc1cc(-c2cccc(C(F)(F)F)c2)c(C(=O)NN2CCCCC2)nc1C(=O)N1CCC(N2CCCC2)CC1. The quantitative estimate of drug-likeness (QED) is 0.581. The minimum atomic E-state index is -4.52. The maximum absolute atomic E-state index is 13.6. The molecule has 0 radical (unpaired) electrons. The van der Waals surface area contributed by atoms with Gasteiger partial charge in [0.15, 0.2) is 0 Å². The first kappa shape index (κ1) is 27.6. The van der Waals surface area contributed by atoms with Crippen molar-refractivity contribution in [1.29, 1.82) is 0 Å². The van der Waals surface area contributed by atoms with Crippen molar-refractivity contribution in [1.82, 2.24) is 25.2 Å². The average molecular weight is 544 g/mol. The number of pyridine rings is 1. The number of nitrogens with zero attached hydrogens (tertiary/aromatic N) is 4. The third kappa shape index (κ3) is 6.27. The van der Waals surface area contributed by atoms with Crippen molar-refractivity contribution in [2.45, 2.75) is 64.1 Å². The van der Waals surface area contributed by atoms with Crippen LogP contribution in [-0.4, -0.2) is 76.9 Å². The molecule has 210 valence electrons. The number of aryl methyl sites for hydroxylation is 1. The predicted octanol–water partition coefficient (Wildman–Crippen LogP) is 4.91. The zero-order valence-electron chi connectivity index (χ0n) is 22.4. The number of amides is 2. The lowest BCUT2D eigenvalue weighted by Crippen LogP contribution is -2.46. The van der Waals surface area contributed by atoms with Gasteiger partial charge in [-0.05, 0) is 87.9 Å². The molecule has 39 heavy (non-hydrogen) atoms. The number of halogens is 3. The molecule has 0 saturated carbocycles. The van der Waals surface area contributed by atoms with E-state index in [2.05, 4.69) is 15.3 Å². The summed E-state index contributed by atoms with van der Waals surface area (Å²) in [5.74, 6) is -0.763. The zero-order chi connectivity index (χ0) is 27.6. The number of aromatic nitrogens is 1. The van der Waals surface area contributed by atoms with Crippen LogP contribution in [0.1, 0.15) is 77.0 Å². The summed E-state index contributed by atoms with van der Waals surface area (Å²) in [6.07, 6.45) is 2.69. The predicted molar refractivity (Wildman–Crippen MR) is 142 cm³/mol. The Morgan fingerprint density at radius 2 is 1.56 bits per heavy atom. The van der Waals surface area contributed by atoms with Crippen molar-refractivity contribution in [2.24, 2.45) is 0 Å². The average Bonchev–Trinajstić information content (AvgIpc) is 3.48. The number of hydrogen-bond donors (Lipinski definition) is 1. The summed E-state index contributed by atoms with van der Waals surface area (Å²) < 4.78 is 40.4. The van der Waals surface area contributed by atoms with Crippen LogP contribution in [0.3, 0.4) is 0 Å². The molecular formula is C29H36F3N5O2. The minimum absolute atomic E-state index is 0.0409. The van der Waals surface area contributed by atoms with E-state index in [0.717, 1.165) is 57.3 Å². The van der Waals surface area contributed by atoms with E-state index in [0.29, 0.717) is 37.8 Å². The first-order valence-corrected chi connectivity index (χ1v) is 14.0. The Bertz CT molecular complexity index is 1200. The van der Waals surface area contributed by atoms with Crippen LogP contribution in [0.25, 0.3) is 11.1 Å². The molecular weight excluding hydrogens is 507 g/mol. The highest BCUT2D eigenvalue weighted by Gasteiger charge is 2.33. The van der Waals surface area contributed by atoms with Crippen LogP contribution in [0.15, 0.2) is 30.3 Å². The van der Waals surface area contributed by atoms with Gasteiger partial charge in [-0.25, -0.2) is 9.99 Å². The van der Waals surface area contributed by atoms with Crippen LogP contribution in [-0.2, 0) is 6.18 Å². The molecule has 0 bridgehead atoms. The molecule has 5 rings (SSSR count). The second-order valence-corrected chi connectivity index (χ2v) is 10.9. The fourth-order valence-electron chi connectivity index (χ4n) is 5.98. The first-order chi connectivity index (χ1) is 18.7. The Morgan fingerprint density at radius 3 is 2.23 bits per heavy atom. The van der Waals surface area contributed by atoms with Gasteiger partial charge in [0, 0.05) is 37.8 Å². The summed E-state index contributed by atoms with van der Waals surface area (Å²) >= 11 is 0. The number of rotatable bonds is 5. The van der Waals surface area contributed by atoms with E-state index < -0.39 is 17.6 Å². The molecule has 0 spiro atoms. The number of hydrogen-bond acceptors (Lipinski definition) is 5. The number of hydrazine groups is 1. The van der Waals surface area contributed by atoms with E-state index in [1.807, 2.05) is 5.01 Å². The highest BCUT2D eigenvalue weighted by Crippen LogP contribution is 2.34. The summed E-state index contributed by atoms with van der Waals surface area (Å²) in [4.78, 5) is 35.9. The van der Waals surface area contributed by atoms with E-state index in [1.165, 1.54) is 25.0 Å². The Kier molecular flexibility index (Phi) is 8.23. The molecule has 0 unspecified atom stereocenters. The van der Waals surface area contributed by atoms with E-state index in [4.69, 9.17) is 0 Å². The van der Waals surface area contributed by atoms with Crippen LogP contribution in [0.5, 0.6) is 0 Å². The lowest BCUT2D eigenvalue weighted by molar-refractivity contribution is -0.137. The number of nitrogens with one attached hydrogen (secondary N) is 1. The van der Waals surface area contributed by atoms with Gasteiger partial charge in [0.1, 0.15) is 11.4 Å². The molecule has 2 aromatic rings. The Morgan fingerprint density at radius 1 is 0.897 bits per heavy atom. The summed E-state index contributed by atoms with van der Waals surface area (Å²) in [7, 11) is 0. The van der Waals surface area contributed by atoms with Crippen molar-refractivity contribution in [3.05, 3.63) is 52.8 Å². The van der Waals surface area contributed by atoms with E-state index in [-0.39, 0.29) is 28.4 Å². The summed E-state index contributed by atoms with van der Waals surface area (Å²) in [6, 6.07) is 6.99. The van der Waals surface area contributed by atoms with E-state index >= 15 is 0 Å². The fraction of sp³-hybridized carbons (Fsp3) is 0.552. The maximum atomic E-state index is 13.6. The number of benzene rings is 1. The van der Waals surface area contributed by atoms with Crippen molar-refractivity contribution in [3.63, 3.8) is 0 Å². The molecule has 3 fully saturated rings. The molecule has 3 saturated heterocycles. The second-order valence-electron chi connectivity index (χ2n) is 10.9.